The van der Waals surface area contributed by atoms with E-state index in [0.29, 0.717) is 22.0 Å². The Morgan fingerprint density at radius 1 is 0.867 bits per heavy atom. The van der Waals surface area contributed by atoms with Crippen LogP contribution < -0.4 is 0 Å². The molecular formula is C26H50N4. The molecule has 2 unspecified atom stereocenters. The van der Waals surface area contributed by atoms with Gasteiger partial charge in [-0.1, -0.05) is 6.92 Å². The van der Waals surface area contributed by atoms with E-state index in [1.165, 1.54) is 90.9 Å². The Bertz CT molecular complexity index is 603. The van der Waals surface area contributed by atoms with E-state index in [2.05, 4.69) is 68.1 Å². The molecule has 4 nitrogen and oxygen atoms in total. The predicted molar refractivity (Wildman–Crippen MR) is 128 cm³/mol. The third-order valence-corrected chi connectivity index (χ3v) is 9.46. The summed E-state index contributed by atoms with van der Waals surface area (Å²) in [7, 11) is 0. The molecule has 4 heteroatoms. The van der Waals surface area contributed by atoms with E-state index < -0.39 is 0 Å². The second kappa shape index (κ2) is 8.01. The van der Waals surface area contributed by atoms with Crippen LogP contribution in [0, 0.1) is 5.41 Å². The Morgan fingerprint density at radius 2 is 1.57 bits per heavy atom. The summed E-state index contributed by atoms with van der Waals surface area (Å²) in [6, 6.07) is 0.718. The minimum absolute atomic E-state index is 0.313. The molecule has 0 amide bonds. The van der Waals surface area contributed by atoms with Gasteiger partial charge in [-0.2, -0.15) is 0 Å². The highest BCUT2D eigenvalue weighted by atomic mass is 15.4. The predicted octanol–water partition coefficient (Wildman–Crippen LogP) is 4.30. The monoisotopic (exact) mass is 418 g/mol. The largest absolute Gasteiger partial charge is 0.303 e. The molecule has 0 aromatic heterocycles. The van der Waals surface area contributed by atoms with Gasteiger partial charge in [-0.15, -0.1) is 0 Å². The third-order valence-electron chi connectivity index (χ3n) is 9.46. The van der Waals surface area contributed by atoms with Gasteiger partial charge >= 0.3 is 0 Å². The summed E-state index contributed by atoms with van der Waals surface area (Å²) >= 11 is 0. The molecule has 4 fully saturated rings. The fourth-order valence-electron chi connectivity index (χ4n) is 7.32. The van der Waals surface area contributed by atoms with Crippen molar-refractivity contribution in [3.05, 3.63) is 0 Å². The quantitative estimate of drug-likeness (QED) is 0.637. The maximum atomic E-state index is 2.84. The maximum absolute atomic E-state index is 2.84. The Morgan fingerprint density at radius 3 is 2.20 bits per heavy atom. The van der Waals surface area contributed by atoms with Crippen molar-refractivity contribution < 1.29 is 0 Å². The van der Waals surface area contributed by atoms with Crippen LogP contribution >= 0.6 is 0 Å². The van der Waals surface area contributed by atoms with Gasteiger partial charge in [0.1, 0.15) is 0 Å². The van der Waals surface area contributed by atoms with Crippen LogP contribution in [0.5, 0.6) is 0 Å². The lowest BCUT2D eigenvalue weighted by Crippen LogP contribution is -2.72. The Labute approximate surface area is 187 Å². The zero-order chi connectivity index (χ0) is 21.8. The van der Waals surface area contributed by atoms with Crippen LogP contribution in [0.15, 0.2) is 0 Å². The first-order valence-electron chi connectivity index (χ1n) is 13.0. The van der Waals surface area contributed by atoms with Crippen molar-refractivity contribution in [1.29, 1.82) is 0 Å². The zero-order valence-corrected chi connectivity index (χ0v) is 21.3. The normalized spacial score (nSPS) is 32.5. The second-order valence-corrected chi connectivity index (χ2v) is 13.0. The molecule has 0 aliphatic carbocycles. The van der Waals surface area contributed by atoms with Gasteiger partial charge in [0.25, 0.3) is 0 Å². The molecule has 2 atom stereocenters. The van der Waals surface area contributed by atoms with Crippen LogP contribution in [0.2, 0.25) is 0 Å². The molecule has 0 N–H and O–H groups in total. The van der Waals surface area contributed by atoms with Crippen molar-refractivity contribution in [2.45, 2.75) is 110 Å². The fraction of sp³-hybridized carbons (Fsp3) is 1.00. The Balaban J connectivity index is 1.26. The van der Waals surface area contributed by atoms with E-state index in [0.717, 1.165) is 6.04 Å². The van der Waals surface area contributed by atoms with E-state index in [4.69, 9.17) is 0 Å². The van der Waals surface area contributed by atoms with Crippen molar-refractivity contribution in [2.24, 2.45) is 5.41 Å². The average molecular weight is 419 g/mol. The molecule has 0 aromatic carbocycles. The lowest BCUT2D eigenvalue weighted by atomic mass is 9.82. The molecule has 2 spiro atoms. The van der Waals surface area contributed by atoms with Crippen LogP contribution in [0.3, 0.4) is 0 Å². The zero-order valence-electron chi connectivity index (χ0n) is 21.3. The van der Waals surface area contributed by atoms with Gasteiger partial charge in [-0.3, -0.25) is 14.7 Å². The first kappa shape index (κ1) is 23.0. The summed E-state index contributed by atoms with van der Waals surface area (Å²) in [6.45, 7) is 27.5. The molecule has 4 saturated heterocycles. The molecule has 30 heavy (non-hydrogen) atoms. The van der Waals surface area contributed by atoms with Gasteiger partial charge < -0.3 is 4.90 Å². The fourth-order valence-corrected chi connectivity index (χ4v) is 7.32. The molecule has 0 bridgehead atoms. The second-order valence-electron chi connectivity index (χ2n) is 13.0. The lowest BCUT2D eigenvalue weighted by Gasteiger charge is -2.58. The van der Waals surface area contributed by atoms with E-state index in [-0.39, 0.29) is 0 Å². The molecule has 4 heterocycles. The van der Waals surface area contributed by atoms with E-state index in [1.54, 1.807) is 0 Å². The van der Waals surface area contributed by atoms with Gasteiger partial charge in [0, 0.05) is 48.8 Å². The summed E-state index contributed by atoms with van der Waals surface area (Å²) in [5, 5.41) is 0. The van der Waals surface area contributed by atoms with Crippen molar-refractivity contribution >= 4 is 0 Å². The number of likely N-dealkylation sites (tertiary alicyclic amines) is 4. The van der Waals surface area contributed by atoms with Crippen LogP contribution in [0.1, 0.15) is 87.0 Å². The summed E-state index contributed by atoms with van der Waals surface area (Å²) in [6.07, 6.45) is 8.30. The molecular weight excluding hydrogens is 368 g/mol. The van der Waals surface area contributed by atoms with Crippen molar-refractivity contribution in [3.63, 3.8) is 0 Å². The number of hydrogen-bond acceptors (Lipinski definition) is 4. The number of rotatable bonds is 6. The van der Waals surface area contributed by atoms with Gasteiger partial charge in [0.15, 0.2) is 0 Å². The van der Waals surface area contributed by atoms with Crippen LogP contribution in [-0.4, -0.2) is 94.6 Å². The van der Waals surface area contributed by atoms with Gasteiger partial charge in [0.2, 0.25) is 0 Å². The Hall–Kier alpha value is -0.160. The minimum atomic E-state index is 0.313. The van der Waals surface area contributed by atoms with E-state index in [1.807, 2.05) is 0 Å². The molecule has 4 aliphatic rings. The van der Waals surface area contributed by atoms with Gasteiger partial charge in [-0.25, -0.2) is 0 Å². The van der Waals surface area contributed by atoms with Gasteiger partial charge in [0.05, 0.1) is 0 Å². The summed E-state index contributed by atoms with van der Waals surface area (Å²) < 4.78 is 0. The highest BCUT2D eigenvalue weighted by Gasteiger charge is 2.54. The lowest BCUT2D eigenvalue weighted by molar-refractivity contribution is -0.0865. The highest BCUT2D eigenvalue weighted by molar-refractivity contribution is 5.11. The van der Waals surface area contributed by atoms with Crippen LogP contribution in [-0.2, 0) is 0 Å². The first-order valence-corrected chi connectivity index (χ1v) is 13.0. The standard InChI is InChI=1S/C26H50N4/c1-8-27-16-13-25(18-27)14-17-29(19-25)24(6,7)12-10-22(2)28-20-26(21-28)11-9-15-30(26)23(3,4)5/h22H,8-21H2,1-7H3. The first-order chi connectivity index (χ1) is 14.0. The summed E-state index contributed by atoms with van der Waals surface area (Å²) in [5.74, 6) is 0. The molecule has 0 aromatic rings. The van der Waals surface area contributed by atoms with Crippen LogP contribution in [0.25, 0.3) is 0 Å². The molecule has 0 saturated carbocycles. The Kier molecular flexibility index (Phi) is 6.14. The topological polar surface area (TPSA) is 13.0 Å². The van der Waals surface area contributed by atoms with Crippen molar-refractivity contribution in [2.75, 3.05) is 52.4 Å². The van der Waals surface area contributed by atoms with Crippen molar-refractivity contribution in [1.82, 2.24) is 19.6 Å². The maximum Gasteiger partial charge on any atom is 0.0469 e. The average Bonchev–Trinajstić information content (AvgIpc) is 3.36. The molecule has 0 radical (unpaired) electrons. The number of nitrogens with zero attached hydrogens (tertiary/aromatic N) is 4. The smallest absolute Gasteiger partial charge is 0.0469 e. The van der Waals surface area contributed by atoms with Crippen molar-refractivity contribution in [3.8, 4) is 0 Å². The summed E-state index contributed by atoms with van der Waals surface area (Å²) in [4.78, 5) is 11.1. The van der Waals surface area contributed by atoms with Gasteiger partial charge in [-0.05, 0) is 112 Å². The molecule has 4 aliphatic heterocycles. The SMILES string of the molecule is CCN1CCC2(CCN(C(C)(C)CCC(C)N3CC4(CCCN4C(C)(C)C)C3)C2)C1. The minimum Gasteiger partial charge on any atom is -0.303 e. The van der Waals surface area contributed by atoms with Crippen LogP contribution in [0.4, 0.5) is 0 Å². The molecule has 4 rings (SSSR count). The van der Waals surface area contributed by atoms with E-state index >= 15 is 0 Å². The number of hydrogen-bond donors (Lipinski definition) is 0. The highest BCUT2D eigenvalue weighted by Crippen LogP contribution is 2.44. The summed E-state index contributed by atoms with van der Waals surface area (Å²) in [5.41, 5.74) is 1.73. The third kappa shape index (κ3) is 4.23. The molecule has 174 valence electrons. The van der Waals surface area contributed by atoms with E-state index in [9.17, 15) is 0 Å².